The summed E-state index contributed by atoms with van der Waals surface area (Å²) in [5, 5.41) is 11.7. The second kappa shape index (κ2) is 6.05. The van der Waals surface area contributed by atoms with E-state index in [0.717, 1.165) is 11.1 Å². The van der Waals surface area contributed by atoms with E-state index in [1.807, 2.05) is 19.9 Å². The highest BCUT2D eigenvalue weighted by molar-refractivity contribution is 5.96. The molecule has 0 radical (unpaired) electrons. The maximum Gasteiger partial charge on any atom is 0.326 e. The van der Waals surface area contributed by atoms with Gasteiger partial charge < -0.3 is 15.2 Å². The first-order valence-corrected chi connectivity index (χ1v) is 6.70. The highest BCUT2D eigenvalue weighted by Gasteiger charge is 2.22. The van der Waals surface area contributed by atoms with E-state index < -0.39 is 12.0 Å². The maximum absolute atomic E-state index is 12.1. The molecule has 2 N–H and O–H groups in total. The molecule has 5 nitrogen and oxygen atoms in total. The van der Waals surface area contributed by atoms with Gasteiger partial charge in [-0.25, -0.2) is 4.79 Å². The molecule has 0 unspecified atom stereocenters. The van der Waals surface area contributed by atoms with Crippen molar-refractivity contribution in [3.8, 4) is 0 Å². The number of hydrogen-bond acceptors (Lipinski definition) is 3. The molecule has 0 fully saturated rings. The van der Waals surface area contributed by atoms with Crippen LogP contribution in [0.5, 0.6) is 0 Å². The Kier molecular flexibility index (Phi) is 4.39. The average molecular weight is 277 g/mol. The molecule has 1 aliphatic rings. The summed E-state index contributed by atoms with van der Waals surface area (Å²) in [6.07, 6.45) is 0.412. The molecule has 2 rings (SSSR count). The van der Waals surface area contributed by atoms with Gasteiger partial charge in [0.15, 0.2) is 0 Å². The quantitative estimate of drug-likeness (QED) is 0.862. The lowest BCUT2D eigenvalue weighted by molar-refractivity contribution is -0.139. The van der Waals surface area contributed by atoms with Crippen LogP contribution >= 0.6 is 0 Å². The van der Waals surface area contributed by atoms with E-state index in [2.05, 4.69) is 5.32 Å². The van der Waals surface area contributed by atoms with Crippen LogP contribution in [-0.2, 0) is 22.7 Å². The first kappa shape index (κ1) is 14.5. The highest BCUT2D eigenvalue weighted by Crippen LogP contribution is 2.21. The zero-order chi connectivity index (χ0) is 14.7. The molecule has 0 saturated carbocycles. The molecule has 1 aromatic carbocycles. The largest absolute Gasteiger partial charge is 0.480 e. The number of hydrogen-bond donors (Lipinski definition) is 2. The summed E-state index contributed by atoms with van der Waals surface area (Å²) >= 11 is 0. The second-order valence-corrected chi connectivity index (χ2v) is 5.47. The van der Waals surface area contributed by atoms with Crippen LogP contribution in [0.25, 0.3) is 0 Å². The average Bonchev–Trinajstić information content (AvgIpc) is 2.84. The summed E-state index contributed by atoms with van der Waals surface area (Å²) < 4.78 is 5.30. The number of ether oxygens (including phenoxy) is 1. The maximum atomic E-state index is 12.1. The third kappa shape index (κ3) is 3.36. The minimum atomic E-state index is -1.00. The smallest absolute Gasteiger partial charge is 0.326 e. The SMILES string of the molecule is CC(C)C[C@@H](NC(=O)c1ccc2c(c1)COC2)C(=O)O. The molecule has 1 aromatic rings. The minimum Gasteiger partial charge on any atom is -0.480 e. The summed E-state index contributed by atoms with van der Waals surface area (Å²) in [7, 11) is 0. The molecule has 5 heteroatoms. The summed E-state index contributed by atoms with van der Waals surface area (Å²) in [6.45, 7) is 4.93. The predicted octanol–water partition coefficient (Wildman–Crippen LogP) is 1.95. The number of carbonyl (C=O) groups is 2. The van der Waals surface area contributed by atoms with Gasteiger partial charge in [0.1, 0.15) is 6.04 Å². The Labute approximate surface area is 117 Å². The number of carboxylic acids is 1. The Morgan fingerprint density at radius 3 is 2.65 bits per heavy atom. The van der Waals surface area contributed by atoms with E-state index in [1.165, 1.54) is 0 Å². The Morgan fingerprint density at radius 2 is 2.00 bits per heavy atom. The van der Waals surface area contributed by atoms with Crippen LogP contribution in [0.3, 0.4) is 0 Å². The predicted molar refractivity (Wildman–Crippen MR) is 73.3 cm³/mol. The number of rotatable bonds is 5. The first-order chi connectivity index (χ1) is 9.47. The molecule has 1 aliphatic heterocycles. The van der Waals surface area contributed by atoms with Crippen molar-refractivity contribution in [2.75, 3.05) is 0 Å². The van der Waals surface area contributed by atoms with E-state index in [1.54, 1.807) is 12.1 Å². The topological polar surface area (TPSA) is 75.6 Å². The monoisotopic (exact) mass is 277 g/mol. The van der Waals surface area contributed by atoms with Gasteiger partial charge in [0.05, 0.1) is 13.2 Å². The lowest BCUT2D eigenvalue weighted by atomic mass is 10.0. The van der Waals surface area contributed by atoms with E-state index in [4.69, 9.17) is 9.84 Å². The Hall–Kier alpha value is -1.88. The van der Waals surface area contributed by atoms with E-state index in [9.17, 15) is 9.59 Å². The summed E-state index contributed by atoms with van der Waals surface area (Å²) in [6, 6.07) is 4.48. The van der Waals surface area contributed by atoms with Gasteiger partial charge in [0, 0.05) is 5.56 Å². The number of amides is 1. The Bertz CT molecular complexity index is 525. The molecule has 0 aliphatic carbocycles. The van der Waals surface area contributed by atoms with Crippen molar-refractivity contribution < 1.29 is 19.4 Å². The zero-order valence-electron chi connectivity index (χ0n) is 11.7. The molecule has 1 amide bonds. The van der Waals surface area contributed by atoms with Crippen LogP contribution in [0.15, 0.2) is 18.2 Å². The van der Waals surface area contributed by atoms with Crippen molar-refractivity contribution in [1.29, 1.82) is 0 Å². The van der Waals surface area contributed by atoms with Crippen molar-refractivity contribution in [2.45, 2.75) is 39.5 Å². The fourth-order valence-electron chi connectivity index (χ4n) is 2.25. The van der Waals surface area contributed by atoms with E-state index in [0.29, 0.717) is 25.2 Å². The van der Waals surface area contributed by atoms with Crippen molar-refractivity contribution >= 4 is 11.9 Å². The number of carbonyl (C=O) groups excluding carboxylic acids is 1. The normalized spacial score (nSPS) is 14.9. The van der Waals surface area contributed by atoms with Crippen molar-refractivity contribution in [2.24, 2.45) is 5.92 Å². The van der Waals surface area contributed by atoms with Gasteiger partial charge in [-0.05, 0) is 35.6 Å². The van der Waals surface area contributed by atoms with Gasteiger partial charge in [0.25, 0.3) is 5.91 Å². The van der Waals surface area contributed by atoms with Crippen LogP contribution in [-0.4, -0.2) is 23.0 Å². The van der Waals surface area contributed by atoms with Gasteiger partial charge in [-0.1, -0.05) is 19.9 Å². The minimum absolute atomic E-state index is 0.199. The number of fused-ring (bicyclic) bond motifs is 1. The summed E-state index contributed by atoms with van der Waals surface area (Å²) in [5.41, 5.74) is 2.55. The first-order valence-electron chi connectivity index (χ1n) is 6.70. The molecular formula is C15H19NO4. The van der Waals surface area contributed by atoms with Crippen LogP contribution in [0, 0.1) is 5.92 Å². The molecule has 0 aromatic heterocycles. The molecule has 0 saturated heterocycles. The highest BCUT2D eigenvalue weighted by atomic mass is 16.5. The molecule has 20 heavy (non-hydrogen) atoms. The van der Waals surface area contributed by atoms with E-state index >= 15 is 0 Å². The van der Waals surface area contributed by atoms with Crippen molar-refractivity contribution in [1.82, 2.24) is 5.32 Å². The zero-order valence-corrected chi connectivity index (χ0v) is 11.7. The van der Waals surface area contributed by atoms with Gasteiger partial charge >= 0.3 is 5.97 Å². The van der Waals surface area contributed by atoms with Crippen LogP contribution < -0.4 is 5.32 Å². The van der Waals surface area contributed by atoms with Gasteiger partial charge in [-0.15, -0.1) is 0 Å². The number of nitrogens with one attached hydrogen (secondary N) is 1. The number of carboxylic acid groups (broad SMARTS) is 1. The fraction of sp³-hybridized carbons (Fsp3) is 0.467. The molecular weight excluding hydrogens is 258 g/mol. The summed E-state index contributed by atoms with van der Waals surface area (Å²) in [5.74, 6) is -1.16. The van der Waals surface area contributed by atoms with Crippen molar-refractivity contribution in [3.05, 3.63) is 34.9 Å². The van der Waals surface area contributed by atoms with Crippen LogP contribution in [0.2, 0.25) is 0 Å². The standard InChI is InChI=1S/C15H19NO4/c1-9(2)5-13(15(18)19)16-14(17)10-3-4-11-7-20-8-12(11)6-10/h3-4,6,9,13H,5,7-8H2,1-2H3,(H,16,17)(H,18,19)/t13-/m1/s1. The molecule has 108 valence electrons. The summed E-state index contributed by atoms with van der Waals surface area (Å²) in [4.78, 5) is 23.3. The Morgan fingerprint density at radius 1 is 1.30 bits per heavy atom. The fourth-order valence-corrected chi connectivity index (χ4v) is 2.25. The van der Waals surface area contributed by atoms with Gasteiger partial charge in [-0.2, -0.15) is 0 Å². The number of aliphatic carboxylic acids is 1. The molecule has 0 bridgehead atoms. The number of benzene rings is 1. The molecule has 1 atom stereocenters. The van der Waals surface area contributed by atoms with Gasteiger partial charge in [-0.3, -0.25) is 4.79 Å². The third-order valence-corrected chi connectivity index (χ3v) is 3.29. The third-order valence-electron chi connectivity index (χ3n) is 3.29. The Balaban J connectivity index is 2.08. The van der Waals surface area contributed by atoms with Crippen LogP contribution in [0.4, 0.5) is 0 Å². The molecule has 0 spiro atoms. The van der Waals surface area contributed by atoms with Crippen molar-refractivity contribution in [3.63, 3.8) is 0 Å². The van der Waals surface area contributed by atoms with Crippen LogP contribution in [0.1, 0.15) is 41.8 Å². The molecule has 1 heterocycles. The lowest BCUT2D eigenvalue weighted by Crippen LogP contribution is -2.41. The lowest BCUT2D eigenvalue weighted by Gasteiger charge is -2.16. The second-order valence-electron chi connectivity index (χ2n) is 5.47. The van der Waals surface area contributed by atoms with E-state index in [-0.39, 0.29) is 11.8 Å². The van der Waals surface area contributed by atoms with Gasteiger partial charge in [0.2, 0.25) is 0 Å².